The molecule has 1 aliphatic rings. The first kappa shape index (κ1) is 19.0. The summed E-state index contributed by atoms with van der Waals surface area (Å²) < 4.78 is 69.6. The van der Waals surface area contributed by atoms with E-state index in [1.165, 1.54) is 13.0 Å². The molecule has 2 aromatic heterocycles. The Morgan fingerprint density at radius 3 is 2.62 bits per heavy atom. The normalized spacial score (nSPS) is 15.8. The zero-order valence-electron chi connectivity index (χ0n) is 13.9. The van der Waals surface area contributed by atoms with Crippen molar-refractivity contribution in [1.82, 2.24) is 9.97 Å². The average Bonchev–Trinajstić information content (AvgIpc) is 3.00. The predicted octanol–water partition coefficient (Wildman–Crippen LogP) is 3.74. The van der Waals surface area contributed by atoms with Gasteiger partial charge in [0.15, 0.2) is 9.84 Å². The molecule has 2 aromatic rings. The Morgan fingerprint density at radius 2 is 2.04 bits per heavy atom. The molecule has 0 atom stereocenters. The minimum atomic E-state index is -4.64. The monoisotopic (exact) mass is 404 g/mol. The van der Waals surface area contributed by atoms with E-state index in [1.54, 1.807) is 6.08 Å². The first-order chi connectivity index (χ1) is 12.1. The van der Waals surface area contributed by atoms with Crippen LogP contribution in [0.5, 0.6) is 0 Å². The number of thiophene rings is 1. The fourth-order valence-corrected chi connectivity index (χ4v) is 5.17. The number of aromatic nitrogens is 2. The Kier molecular flexibility index (Phi) is 4.93. The summed E-state index contributed by atoms with van der Waals surface area (Å²) >= 11 is 0.992. The van der Waals surface area contributed by atoms with Crippen molar-refractivity contribution >= 4 is 26.7 Å². The van der Waals surface area contributed by atoms with Gasteiger partial charge in [0, 0.05) is 17.3 Å². The van der Waals surface area contributed by atoms with E-state index in [4.69, 9.17) is 4.74 Å². The highest BCUT2D eigenvalue weighted by atomic mass is 32.2. The third kappa shape index (κ3) is 3.81. The maximum absolute atomic E-state index is 13.3. The molecule has 0 saturated heterocycles. The second-order valence-electron chi connectivity index (χ2n) is 5.81. The van der Waals surface area contributed by atoms with Crippen molar-refractivity contribution in [3.05, 3.63) is 34.6 Å². The molecule has 3 rings (SSSR count). The minimum absolute atomic E-state index is 0.00930. The molecule has 1 aliphatic heterocycles. The summed E-state index contributed by atoms with van der Waals surface area (Å²) in [4.78, 5) is 8.15. The predicted molar refractivity (Wildman–Crippen MR) is 91.6 cm³/mol. The standard InChI is InChI=1S/C16H15F3N2O3S2/c1-9-20-8-11(16(17,18)19)14(21-9)12-7-13(26(2,22)23)15(25-12)10-3-5-24-6-4-10/h3,7-8H,4-6H2,1-2H3. The molecule has 0 N–H and O–H groups in total. The van der Waals surface area contributed by atoms with Gasteiger partial charge in [0.1, 0.15) is 11.4 Å². The van der Waals surface area contributed by atoms with Gasteiger partial charge in [-0.25, -0.2) is 18.4 Å². The van der Waals surface area contributed by atoms with Gasteiger partial charge in [0.05, 0.1) is 28.7 Å². The van der Waals surface area contributed by atoms with Crippen LogP contribution in [0.1, 0.15) is 22.7 Å². The summed E-state index contributed by atoms with van der Waals surface area (Å²) in [5, 5.41) is 0. The second kappa shape index (κ2) is 6.75. The molecular weight excluding hydrogens is 389 g/mol. The lowest BCUT2D eigenvalue weighted by atomic mass is 10.1. The Labute approximate surface area is 152 Å². The van der Waals surface area contributed by atoms with Crippen LogP contribution in [0, 0.1) is 6.92 Å². The molecule has 0 radical (unpaired) electrons. The maximum Gasteiger partial charge on any atom is 0.420 e. The number of alkyl halides is 3. The largest absolute Gasteiger partial charge is 0.420 e. The van der Waals surface area contributed by atoms with E-state index in [1.807, 2.05) is 0 Å². The number of nitrogens with zero attached hydrogens (tertiary/aromatic N) is 2. The van der Waals surface area contributed by atoms with E-state index in [-0.39, 0.29) is 21.3 Å². The lowest BCUT2D eigenvalue weighted by Gasteiger charge is -2.13. The zero-order valence-corrected chi connectivity index (χ0v) is 15.6. The molecule has 5 nitrogen and oxygen atoms in total. The van der Waals surface area contributed by atoms with Crippen LogP contribution in [0.4, 0.5) is 13.2 Å². The summed E-state index contributed by atoms with van der Waals surface area (Å²) in [6.45, 7) is 2.26. The van der Waals surface area contributed by atoms with Crippen molar-refractivity contribution in [1.29, 1.82) is 0 Å². The van der Waals surface area contributed by atoms with Crippen molar-refractivity contribution in [2.24, 2.45) is 0 Å². The Balaban J connectivity index is 2.24. The van der Waals surface area contributed by atoms with Crippen LogP contribution in [-0.4, -0.2) is 37.9 Å². The van der Waals surface area contributed by atoms with Crippen molar-refractivity contribution in [3.8, 4) is 10.6 Å². The molecule has 10 heteroatoms. The van der Waals surface area contributed by atoms with Gasteiger partial charge in [-0.3, -0.25) is 0 Å². The fraction of sp³-hybridized carbons (Fsp3) is 0.375. The SMILES string of the molecule is Cc1ncc(C(F)(F)F)c(-c2cc(S(C)(=O)=O)c(C3=CCOCC3)s2)n1. The van der Waals surface area contributed by atoms with Crippen LogP contribution < -0.4 is 0 Å². The topological polar surface area (TPSA) is 69.2 Å². The van der Waals surface area contributed by atoms with E-state index < -0.39 is 21.6 Å². The average molecular weight is 404 g/mol. The highest BCUT2D eigenvalue weighted by Crippen LogP contribution is 2.43. The molecule has 0 bridgehead atoms. The van der Waals surface area contributed by atoms with Crippen molar-refractivity contribution in [2.45, 2.75) is 24.4 Å². The molecule has 0 spiro atoms. The van der Waals surface area contributed by atoms with Crippen LogP contribution in [-0.2, 0) is 20.8 Å². The van der Waals surface area contributed by atoms with Crippen molar-refractivity contribution in [2.75, 3.05) is 19.5 Å². The molecule has 140 valence electrons. The molecule has 3 heterocycles. The Morgan fingerprint density at radius 1 is 1.31 bits per heavy atom. The maximum atomic E-state index is 13.3. The van der Waals surface area contributed by atoms with E-state index in [0.29, 0.717) is 24.5 Å². The van der Waals surface area contributed by atoms with Crippen LogP contribution >= 0.6 is 11.3 Å². The van der Waals surface area contributed by atoms with Gasteiger partial charge in [0.2, 0.25) is 0 Å². The van der Waals surface area contributed by atoms with Gasteiger partial charge < -0.3 is 4.74 Å². The summed E-state index contributed by atoms with van der Waals surface area (Å²) in [7, 11) is -3.62. The molecule has 0 aromatic carbocycles. The highest BCUT2D eigenvalue weighted by Gasteiger charge is 2.36. The van der Waals surface area contributed by atoms with Crippen LogP contribution in [0.3, 0.4) is 0 Å². The summed E-state index contributed by atoms with van der Waals surface area (Å²) in [5.74, 6) is 0.175. The van der Waals surface area contributed by atoms with E-state index in [9.17, 15) is 21.6 Å². The molecule has 0 unspecified atom stereocenters. The number of hydrogen-bond donors (Lipinski definition) is 0. The summed E-state index contributed by atoms with van der Waals surface area (Å²) in [6, 6.07) is 1.27. The number of rotatable bonds is 3. The Bertz CT molecular complexity index is 979. The molecule has 0 aliphatic carbocycles. The van der Waals surface area contributed by atoms with E-state index in [0.717, 1.165) is 29.4 Å². The number of sulfone groups is 1. The second-order valence-corrected chi connectivity index (χ2v) is 8.84. The highest BCUT2D eigenvalue weighted by molar-refractivity contribution is 7.91. The molecule has 0 saturated carbocycles. The molecular formula is C16H15F3N2O3S2. The minimum Gasteiger partial charge on any atom is -0.377 e. The third-order valence-electron chi connectivity index (χ3n) is 3.80. The number of halogens is 3. The van der Waals surface area contributed by atoms with Gasteiger partial charge in [0.25, 0.3) is 0 Å². The van der Waals surface area contributed by atoms with Gasteiger partial charge in [-0.15, -0.1) is 11.3 Å². The third-order valence-corrected chi connectivity index (χ3v) is 6.27. The number of hydrogen-bond acceptors (Lipinski definition) is 6. The van der Waals surface area contributed by atoms with Crippen molar-refractivity contribution < 1.29 is 26.3 Å². The van der Waals surface area contributed by atoms with Crippen molar-refractivity contribution in [3.63, 3.8) is 0 Å². The summed E-state index contributed by atoms with van der Waals surface area (Å²) in [5.41, 5.74) is -0.539. The Hall–Kier alpha value is -1.78. The summed E-state index contributed by atoms with van der Waals surface area (Å²) in [6.07, 6.45) is -0.625. The first-order valence-electron chi connectivity index (χ1n) is 7.59. The fourth-order valence-electron chi connectivity index (χ4n) is 2.59. The van der Waals surface area contributed by atoms with Gasteiger partial charge in [-0.2, -0.15) is 13.2 Å². The number of ether oxygens (including phenoxy) is 1. The quantitative estimate of drug-likeness (QED) is 0.780. The molecule has 26 heavy (non-hydrogen) atoms. The van der Waals surface area contributed by atoms with Crippen LogP contribution in [0.25, 0.3) is 16.1 Å². The molecule has 0 fully saturated rings. The van der Waals surface area contributed by atoms with Gasteiger partial charge in [-0.05, 0) is 25.0 Å². The van der Waals surface area contributed by atoms with E-state index >= 15 is 0 Å². The lowest BCUT2D eigenvalue weighted by Crippen LogP contribution is -2.10. The van der Waals surface area contributed by atoms with Crippen LogP contribution in [0.2, 0.25) is 0 Å². The van der Waals surface area contributed by atoms with Gasteiger partial charge in [-0.1, -0.05) is 6.08 Å². The molecule has 0 amide bonds. The zero-order chi connectivity index (χ0) is 19.1. The first-order valence-corrected chi connectivity index (χ1v) is 10.3. The van der Waals surface area contributed by atoms with Gasteiger partial charge >= 0.3 is 6.18 Å². The number of aryl methyl sites for hydroxylation is 1. The van der Waals surface area contributed by atoms with E-state index in [2.05, 4.69) is 9.97 Å². The smallest absolute Gasteiger partial charge is 0.377 e. The van der Waals surface area contributed by atoms with Crippen LogP contribution in [0.15, 0.2) is 23.2 Å². The lowest BCUT2D eigenvalue weighted by molar-refractivity contribution is -0.137.